The minimum absolute atomic E-state index is 0. The normalized spacial score (nSPS) is 12.7. The van der Waals surface area contributed by atoms with E-state index in [-0.39, 0.29) is 186 Å². The van der Waals surface area contributed by atoms with Crippen molar-refractivity contribution < 1.29 is 147 Å². The van der Waals surface area contributed by atoms with Crippen LogP contribution in [0, 0.1) is 32.9 Å². The summed E-state index contributed by atoms with van der Waals surface area (Å²) in [6, 6.07) is 28.2. The zero-order valence-electron chi connectivity index (χ0n) is 67.6. The van der Waals surface area contributed by atoms with E-state index in [1.807, 2.05) is 65.2 Å². The van der Waals surface area contributed by atoms with Crippen LogP contribution in [0.15, 0.2) is 156 Å². The first-order chi connectivity index (χ1) is 55.1. The first-order valence-electron chi connectivity index (χ1n) is 36.0. The summed E-state index contributed by atoms with van der Waals surface area (Å²) in [5.41, 5.74) is 30.4. The van der Waals surface area contributed by atoms with Crippen LogP contribution in [0.5, 0.6) is 0 Å². The van der Waals surface area contributed by atoms with Gasteiger partial charge in [0.2, 0.25) is 17.6 Å². The molecule has 12 aromatic rings. The summed E-state index contributed by atoms with van der Waals surface area (Å²) < 4.78 is 26.6. The molecule has 0 bridgehead atoms. The Morgan fingerprint density at radius 3 is 1.47 bits per heavy atom. The van der Waals surface area contributed by atoms with Crippen LogP contribution in [0.1, 0.15) is 81.3 Å². The van der Waals surface area contributed by atoms with Crippen LogP contribution in [0.3, 0.4) is 0 Å². The van der Waals surface area contributed by atoms with Gasteiger partial charge in [0.05, 0.1) is 30.3 Å². The second-order valence-electron chi connectivity index (χ2n) is 25.5. The number of rotatable bonds is 14. The van der Waals surface area contributed by atoms with Crippen molar-refractivity contribution in [1.82, 2.24) is 98.8 Å². The Labute approximate surface area is 779 Å². The van der Waals surface area contributed by atoms with Gasteiger partial charge >= 0.3 is 115 Å². The Morgan fingerprint density at radius 2 is 1.06 bits per heavy atom. The van der Waals surface area contributed by atoms with Crippen LogP contribution in [-0.4, -0.2) is 231 Å². The number of fused-ring (bicyclic) bond motifs is 2. The number of carbonyl (C=O) groups is 3. The van der Waals surface area contributed by atoms with Crippen molar-refractivity contribution in [3.63, 3.8) is 0 Å². The number of hydrogen-bond donors (Lipinski definition) is 7. The van der Waals surface area contributed by atoms with Crippen LogP contribution in [0.25, 0.3) is 66.7 Å². The SMILES string of the molecule is C.C.C.CCN(C)CC.CN1CCN(c2cccc(CN)n2)CC1.CN1CCNCC1.Cc1cnc2ccc(-c3nc(C(=O)NCc4cccc(N)n4)c(N)nc3-c3ncco3)cn12.Cc1cnc2ccc(-c3nc(C(=O)O)c(N)nc3-c3ncco3)cn12.O=CO[O-].[C-]#[N+]c1cccc(F)n1.[C-]#[N+]c1cccc(N2CCN(C)CC2)n1.[H-].[K+].[K+]. The largest absolute Gasteiger partial charge is 1.00 e. The Bertz CT molecular complexity index is 5150. The molecule has 622 valence electrons. The summed E-state index contributed by atoms with van der Waals surface area (Å²) in [5.74, 6) is 0.746. The third-order valence-electron chi connectivity index (χ3n) is 17.5. The fraction of sp³-hybridized carbons (Fsp3) is 0.338. The zero-order valence-corrected chi connectivity index (χ0v) is 72.8. The van der Waals surface area contributed by atoms with Crippen LogP contribution >= 0.6 is 0 Å². The number of hydrogen-bond acceptors (Lipinski definition) is 30. The van der Waals surface area contributed by atoms with Crippen molar-refractivity contribution in [2.75, 3.05) is 147 Å². The number of nitrogens with zero attached hydrogens (tertiary/aromatic N) is 22. The van der Waals surface area contributed by atoms with E-state index in [0.717, 1.165) is 119 Å². The third kappa shape index (κ3) is 31.5. The van der Waals surface area contributed by atoms with E-state index in [1.54, 1.807) is 55.0 Å². The van der Waals surface area contributed by atoms with Crippen molar-refractivity contribution >= 4 is 70.4 Å². The quantitative estimate of drug-likeness (QED) is 0.0205. The number of pyridine rings is 6. The number of aromatic nitrogens is 14. The molecule has 1 amide bonds. The van der Waals surface area contributed by atoms with Gasteiger partial charge in [-0.05, 0) is 116 Å². The fourth-order valence-electron chi connectivity index (χ4n) is 10.9. The number of piperazine rings is 3. The molecule has 3 saturated heterocycles. The summed E-state index contributed by atoms with van der Waals surface area (Å²) in [6.45, 7) is 37.5. The minimum atomic E-state index is -1.26. The summed E-state index contributed by atoms with van der Waals surface area (Å²) in [5, 5.41) is 23.8. The summed E-state index contributed by atoms with van der Waals surface area (Å²) >= 11 is 0. The van der Waals surface area contributed by atoms with Gasteiger partial charge in [-0.2, -0.15) is 4.39 Å². The van der Waals surface area contributed by atoms with Crippen molar-refractivity contribution in [3.05, 3.63) is 210 Å². The molecule has 11 N–H and O–H groups in total. The molecule has 3 aliphatic heterocycles. The maximum absolute atomic E-state index is 12.9. The number of likely N-dealkylation sites (N-methyl/N-ethyl adjacent to an activating group) is 3. The molecule has 0 unspecified atom stereocenters. The monoisotopic (exact) mass is 1680 g/mol. The van der Waals surface area contributed by atoms with Gasteiger partial charge in [0.25, 0.3) is 24.0 Å². The molecule has 15 heterocycles. The third-order valence-corrected chi connectivity index (χ3v) is 17.5. The molecule has 0 saturated carbocycles. The minimum Gasteiger partial charge on any atom is -1.00 e. The molecule has 3 aliphatic rings. The number of nitrogens with two attached hydrogens (primary N) is 4. The molecule has 0 aromatic carbocycles. The molecule has 15 rings (SSSR count). The summed E-state index contributed by atoms with van der Waals surface area (Å²) in [4.78, 5) is 106. The molecule has 0 spiro atoms. The maximum atomic E-state index is 12.9. The van der Waals surface area contributed by atoms with E-state index in [9.17, 15) is 19.1 Å². The predicted octanol–water partition coefficient (Wildman–Crippen LogP) is 2.67. The number of halogens is 1. The number of anilines is 5. The molecule has 3 fully saturated rings. The van der Waals surface area contributed by atoms with Crippen molar-refractivity contribution in [1.29, 1.82) is 0 Å². The number of carboxylic acids is 1. The van der Waals surface area contributed by atoms with Gasteiger partial charge in [-0.1, -0.05) is 78.5 Å². The average Bonchev–Trinajstić information content (AvgIpc) is 1.44. The van der Waals surface area contributed by atoms with Gasteiger partial charge in [-0.25, -0.2) is 54.6 Å². The first kappa shape index (κ1) is 103. The summed E-state index contributed by atoms with van der Waals surface area (Å²) in [7, 11) is 8.54. The van der Waals surface area contributed by atoms with Crippen molar-refractivity contribution in [2.24, 2.45) is 5.73 Å². The molecule has 39 heteroatoms. The van der Waals surface area contributed by atoms with Crippen molar-refractivity contribution in [3.8, 4) is 45.7 Å². The second kappa shape index (κ2) is 53.4. The van der Waals surface area contributed by atoms with Crippen LogP contribution in [-0.2, 0) is 22.8 Å². The number of aromatic carboxylic acids is 1. The van der Waals surface area contributed by atoms with Crippen LogP contribution in [0.4, 0.5) is 45.1 Å². The molecule has 12 aromatic heterocycles. The topological polar surface area (TPSA) is 450 Å². The standard InChI is InChI=1S/C22H19N9O2.C16H12N6O3.C11H14N4.C11H18N4.C6H3FN2.C5H12N2.C5H13N.CH2O3.3CH4.2K.H/c1-12-9-26-16-6-5-13(11-31(12)16)17-18(22-25-7-8-33-22)30-20(24)19(29-17)21(32)27-10-14-3-2-4-15(23)28-14;1-8-6-19-10-3-2-9(7-22(8)10)11-12(15-18-4-5-25-15)21-14(17)13(20-11)16(23)24;1-12-10-4-3-5-11(13-10)15-8-6-14(2)7-9-15;1-14-5-7-15(8-6-14)11-4-2-3-10(9-12)13-11;1-8-6-4-2-3-5(7)9-6;1-7-4-2-6-3-5-7;1-4-6(3)5-2;2-1-4-3;;;;;;/h2-9,11H,10H2,1H3,(H2,23,28)(H2,24,30)(H,27,32);2-7H,1H3,(H2,17,21)(H,23,24);3-5H,6-9H2,2H3;2-4H,5-9,12H2,1H3;2-4H;6H,2-5H2,1H3;4-5H2,1-3H3;1,3H;3*1H4;;;/q;;;;;;;;;;;2*+1;-1/p-1. The van der Waals surface area contributed by atoms with Crippen LogP contribution in [0.2, 0.25) is 0 Å². The summed E-state index contributed by atoms with van der Waals surface area (Å²) in [6.07, 6.45) is 13.0. The maximum Gasteiger partial charge on any atom is 1.00 e. The van der Waals surface area contributed by atoms with E-state index in [0.29, 0.717) is 52.1 Å². The van der Waals surface area contributed by atoms with Gasteiger partial charge < -0.3 is 107 Å². The van der Waals surface area contributed by atoms with E-state index in [2.05, 4.69) is 163 Å². The van der Waals surface area contributed by atoms with Gasteiger partial charge in [-0.3, -0.25) is 9.59 Å². The van der Waals surface area contributed by atoms with Gasteiger partial charge in [-0.15, -0.1) is 4.98 Å². The second-order valence-corrected chi connectivity index (χ2v) is 25.5. The Hall–Kier alpha value is -10.1. The molecular formula is C80H105FK2N28O8. The number of aryl methyl sites for hydroxylation is 2. The number of nitrogen functional groups attached to an aromatic ring is 3. The molecule has 0 aliphatic carbocycles. The van der Waals surface area contributed by atoms with Gasteiger partial charge in [0, 0.05) is 145 Å². The zero-order chi connectivity index (χ0) is 82.1. The number of carboxylic acid groups (broad SMARTS) is 1. The molecule has 0 atom stereocenters. The number of nitrogens with one attached hydrogen (secondary N) is 2. The van der Waals surface area contributed by atoms with Crippen molar-refractivity contribution in [2.45, 2.75) is 63.1 Å². The van der Waals surface area contributed by atoms with E-state index < -0.39 is 17.8 Å². The van der Waals surface area contributed by atoms with E-state index >= 15 is 0 Å². The molecular weight excluding hydrogens is 1580 g/mol. The Kier molecular flexibility index (Phi) is 46.3. The predicted molar refractivity (Wildman–Crippen MR) is 449 cm³/mol. The van der Waals surface area contributed by atoms with E-state index in [1.165, 1.54) is 56.2 Å². The van der Waals surface area contributed by atoms with Crippen LogP contribution < -0.4 is 151 Å². The molecule has 36 nitrogen and oxygen atoms in total. The Balaban J connectivity index is 0.000000499. The van der Waals surface area contributed by atoms with Gasteiger partial charge in [0.15, 0.2) is 34.4 Å². The van der Waals surface area contributed by atoms with E-state index in [4.69, 9.17) is 55.0 Å². The number of imidazole rings is 2. The number of oxazole rings is 2. The smallest absolute Gasteiger partial charge is 1.00 e. The fourth-order valence-corrected chi connectivity index (χ4v) is 10.9. The first-order valence-corrected chi connectivity index (χ1v) is 36.0. The molecule has 119 heavy (non-hydrogen) atoms. The molecule has 0 radical (unpaired) electrons. The Morgan fingerprint density at radius 1 is 0.613 bits per heavy atom. The number of amides is 1. The number of carbonyl (C=O) groups excluding carboxylic acids is 2. The van der Waals surface area contributed by atoms with Gasteiger partial charge in [0.1, 0.15) is 46.8 Å². The average molecular weight is 1680 g/mol.